The lowest BCUT2D eigenvalue weighted by atomic mass is 9.93. The Hall–Kier alpha value is -6.68. The molecule has 3 aromatic heterocycles. The molecule has 0 N–H and O–H groups in total. The average Bonchev–Trinajstić information content (AvgIpc) is 3.89. The summed E-state index contributed by atoms with van der Waals surface area (Å²) in [6, 6.07) is 63.0. The predicted octanol–water partition coefficient (Wildman–Crippen LogP) is 14.8. The topological polar surface area (TPSA) is 9.86 Å². The summed E-state index contributed by atoms with van der Waals surface area (Å²) in [4.78, 5) is 1.41. The van der Waals surface area contributed by atoms with Crippen LogP contribution in [0.3, 0.4) is 0 Å². The fraction of sp³-hybridized carbons (Fsp3) is 0.0566. The number of para-hydroxylation sites is 1. The molecule has 0 amide bonds. The highest BCUT2D eigenvalue weighted by molar-refractivity contribution is 7.20. The molecule has 0 saturated heterocycles. The van der Waals surface area contributed by atoms with E-state index in [0.29, 0.717) is 5.92 Å². The molecule has 1 aliphatic rings. The molecule has 1 unspecified atom stereocenters. The van der Waals surface area contributed by atoms with Gasteiger partial charge in [-0.25, -0.2) is 0 Å². The number of thiophene rings is 1. The second-order valence-corrected chi connectivity index (χ2v) is 16.5. The SMILES string of the molecule is CC1C=Cc2sc3cc4c5cc(-c6ccc7c(c6)c6ccccc6n7-c6cccc7ccccc67)ccc5n(-c5cccc(-c6ccccc6)c5)c4cc3c2C1. The zero-order chi connectivity index (χ0) is 36.9. The van der Waals surface area contributed by atoms with Crippen LogP contribution < -0.4 is 0 Å². The van der Waals surface area contributed by atoms with E-state index in [1.165, 1.54) is 109 Å². The molecule has 11 aromatic rings. The molecule has 3 heteroatoms. The van der Waals surface area contributed by atoms with Gasteiger partial charge in [0.1, 0.15) is 0 Å². The number of nitrogens with zero attached hydrogens (tertiary/aromatic N) is 2. The van der Waals surface area contributed by atoms with Crippen LogP contribution in [0, 0.1) is 5.92 Å². The third-order valence-corrected chi connectivity index (χ3v) is 13.2. The first kappa shape index (κ1) is 31.6. The summed E-state index contributed by atoms with van der Waals surface area (Å²) in [6.07, 6.45) is 5.80. The van der Waals surface area contributed by atoms with Crippen molar-refractivity contribution < 1.29 is 0 Å². The van der Waals surface area contributed by atoms with Gasteiger partial charge in [0, 0.05) is 42.2 Å². The molecule has 8 aromatic carbocycles. The van der Waals surface area contributed by atoms with Crippen molar-refractivity contribution in [3.05, 3.63) is 186 Å². The van der Waals surface area contributed by atoms with Crippen molar-refractivity contribution in [3.63, 3.8) is 0 Å². The smallest absolute Gasteiger partial charge is 0.0548 e. The Morgan fingerprint density at radius 2 is 1.11 bits per heavy atom. The third-order valence-electron chi connectivity index (χ3n) is 12.0. The largest absolute Gasteiger partial charge is 0.309 e. The molecule has 3 heterocycles. The molecule has 1 aliphatic carbocycles. The zero-order valence-electron chi connectivity index (χ0n) is 30.9. The number of hydrogen-bond acceptors (Lipinski definition) is 1. The molecule has 264 valence electrons. The first-order valence-corrected chi connectivity index (χ1v) is 20.4. The van der Waals surface area contributed by atoms with Gasteiger partial charge in [-0.3, -0.25) is 0 Å². The van der Waals surface area contributed by atoms with E-state index in [1.807, 2.05) is 11.3 Å². The van der Waals surface area contributed by atoms with Gasteiger partial charge < -0.3 is 9.13 Å². The van der Waals surface area contributed by atoms with Crippen molar-refractivity contribution in [1.82, 2.24) is 9.13 Å². The van der Waals surface area contributed by atoms with Gasteiger partial charge in [0.05, 0.1) is 27.8 Å². The first-order chi connectivity index (χ1) is 27.7. The third kappa shape index (κ3) is 4.74. The Labute approximate surface area is 328 Å². The number of allylic oxidation sites excluding steroid dienone is 1. The van der Waals surface area contributed by atoms with Gasteiger partial charge in [0.25, 0.3) is 0 Å². The average molecular weight is 733 g/mol. The number of benzene rings is 8. The minimum absolute atomic E-state index is 0.547. The van der Waals surface area contributed by atoms with E-state index in [1.54, 1.807) is 0 Å². The van der Waals surface area contributed by atoms with Crippen LogP contribution in [0.15, 0.2) is 176 Å². The predicted molar refractivity (Wildman–Crippen MR) is 241 cm³/mol. The van der Waals surface area contributed by atoms with Gasteiger partial charge in [0.2, 0.25) is 0 Å². The normalized spacial score (nSPS) is 14.2. The van der Waals surface area contributed by atoms with Crippen molar-refractivity contribution in [3.8, 4) is 33.6 Å². The molecule has 0 fully saturated rings. The van der Waals surface area contributed by atoms with Crippen LogP contribution in [0.25, 0.3) is 104 Å². The number of rotatable bonds is 4. The molecule has 0 aliphatic heterocycles. The van der Waals surface area contributed by atoms with Gasteiger partial charge in [-0.2, -0.15) is 0 Å². The molecule has 56 heavy (non-hydrogen) atoms. The van der Waals surface area contributed by atoms with Gasteiger partial charge in [-0.1, -0.05) is 122 Å². The van der Waals surface area contributed by atoms with E-state index >= 15 is 0 Å². The van der Waals surface area contributed by atoms with Gasteiger partial charge in [-0.15, -0.1) is 11.3 Å². The van der Waals surface area contributed by atoms with Crippen LogP contribution in [0.2, 0.25) is 0 Å². The van der Waals surface area contributed by atoms with Crippen molar-refractivity contribution in [2.75, 3.05) is 0 Å². The van der Waals surface area contributed by atoms with E-state index in [9.17, 15) is 0 Å². The lowest BCUT2D eigenvalue weighted by Gasteiger charge is -2.13. The van der Waals surface area contributed by atoms with E-state index < -0.39 is 0 Å². The van der Waals surface area contributed by atoms with Crippen LogP contribution in [-0.2, 0) is 6.42 Å². The molecule has 0 bridgehead atoms. The number of aromatic nitrogens is 2. The van der Waals surface area contributed by atoms with E-state index in [-0.39, 0.29) is 0 Å². The summed E-state index contributed by atoms with van der Waals surface area (Å²) < 4.78 is 6.30. The van der Waals surface area contributed by atoms with E-state index in [0.717, 1.165) is 6.42 Å². The van der Waals surface area contributed by atoms with Crippen LogP contribution >= 0.6 is 11.3 Å². The molecule has 0 spiro atoms. The van der Waals surface area contributed by atoms with Crippen molar-refractivity contribution in [2.24, 2.45) is 5.92 Å². The summed E-state index contributed by atoms with van der Waals surface area (Å²) in [5.41, 5.74) is 13.7. The molecule has 12 rings (SSSR count). The maximum atomic E-state index is 2.49. The summed E-state index contributed by atoms with van der Waals surface area (Å²) in [5.74, 6) is 0.547. The summed E-state index contributed by atoms with van der Waals surface area (Å²) in [5, 5.41) is 8.99. The van der Waals surface area contributed by atoms with Crippen molar-refractivity contribution in [1.29, 1.82) is 0 Å². The fourth-order valence-corrected chi connectivity index (χ4v) is 10.6. The Kier molecular flexibility index (Phi) is 6.87. The quantitative estimate of drug-likeness (QED) is 0.170. The highest BCUT2D eigenvalue weighted by Gasteiger charge is 2.21. The number of fused-ring (bicyclic) bond motifs is 10. The Bertz CT molecular complexity index is 3400. The van der Waals surface area contributed by atoms with Crippen LogP contribution in [0.1, 0.15) is 17.4 Å². The van der Waals surface area contributed by atoms with Gasteiger partial charge in [0.15, 0.2) is 0 Å². The highest BCUT2D eigenvalue weighted by atomic mass is 32.1. The molecule has 2 nitrogen and oxygen atoms in total. The second kappa shape index (κ2) is 12.2. The minimum Gasteiger partial charge on any atom is -0.309 e. The molecule has 1 atom stereocenters. The Morgan fingerprint density at radius 1 is 0.464 bits per heavy atom. The second-order valence-electron chi connectivity index (χ2n) is 15.4. The summed E-state index contributed by atoms with van der Waals surface area (Å²) >= 11 is 1.94. The standard InChI is InChI=1S/C53H36N2S/c1-33-21-26-52-45(27-33)46-31-51-44(32-53(46)56-52)43-30-38(22-24-49(43)54(51)39-16-9-15-36(28-39)34-11-3-2-4-12-34)37-23-25-50-42(29-37)41-18-7-8-19-48(41)55(50)47-20-10-14-35-13-5-6-17-40(35)47/h2-26,28-33H,27H2,1H3. The van der Waals surface area contributed by atoms with Gasteiger partial charge >= 0.3 is 0 Å². The van der Waals surface area contributed by atoms with Crippen LogP contribution in [0.4, 0.5) is 0 Å². The maximum absolute atomic E-state index is 2.49. The molecular weight excluding hydrogens is 697 g/mol. The minimum atomic E-state index is 0.547. The first-order valence-electron chi connectivity index (χ1n) is 19.6. The lowest BCUT2D eigenvalue weighted by Crippen LogP contribution is -2.00. The molecule has 0 saturated carbocycles. The summed E-state index contributed by atoms with van der Waals surface area (Å²) in [7, 11) is 0. The van der Waals surface area contributed by atoms with E-state index in [2.05, 4.69) is 198 Å². The zero-order valence-corrected chi connectivity index (χ0v) is 31.7. The highest BCUT2D eigenvalue weighted by Crippen LogP contribution is 2.44. The molecule has 0 radical (unpaired) electrons. The number of hydrogen-bond donors (Lipinski definition) is 0. The van der Waals surface area contributed by atoms with Crippen molar-refractivity contribution in [2.45, 2.75) is 13.3 Å². The Balaban J connectivity index is 1.08. The monoisotopic (exact) mass is 732 g/mol. The maximum Gasteiger partial charge on any atom is 0.0548 e. The van der Waals surface area contributed by atoms with Crippen molar-refractivity contribution >= 4 is 81.9 Å². The Morgan fingerprint density at radius 3 is 1.96 bits per heavy atom. The van der Waals surface area contributed by atoms with E-state index in [4.69, 9.17) is 0 Å². The molecular formula is C53H36N2S. The van der Waals surface area contributed by atoms with Crippen LogP contribution in [0.5, 0.6) is 0 Å². The fourth-order valence-electron chi connectivity index (χ4n) is 9.39. The van der Waals surface area contributed by atoms with Gasteiger partial charge in [-0.05, 0) is 118 Å². The van der Waals surface area contributed by atoms with Crippen LogP contribution in [-0.4, -0.2) is 9.13 Å². The lowest BCUT2D eigenvalue weighted by molar-refractivity contribution is 0.724. The summed E-state index contributed by atoms with van der Waals surface area (Å²) in [6.45, 7) is 2.33.